The predicted molar refractivity (Wildman–Crippen MR) is 69.3 cm³/mol. The lowest BCUT2D eigenvalue weighted by molar-refractivity contribution is -0.185. The van der Waals surface area contributed by atoms with E-state index in [0.717, 1.165) is 0 Å². The highest BCUT2D eigenvalue weighted by molar-refractivity contribution is 5.80. The molecule has 0 radical (unpaired) electrons. The van der Waals surface area contributed by atoms with Gasteiger partial charge in [0, 0.05) is 6.54 Å². The zero-order valence-electron chi connectivity index (χ0n) is 12.2. The molecule has 1 rings (SSSR count). The van der Waals surface area contributed by atoms with Crippen LogP contribution in [0, 0.1) is 5.92 Å². The van der Waals surface area contributed by atoms with Crippen LogP contribution in [0.1, 0.15) is 26.7 Å². The van der Waals surface area contributed by atoms with Gasteiger partial charge in [0.05, 0.1) is 13.0 Å². The SMILES string of the molecule is CCNC(C)(CN1CCC(C(F)(F)F)CC1)C(=O)OC. The quantitative estimate of drug-likeness (QED) is 0.786. The predicted octanol–water partition coefficient (Wildman–Crippen LogP) is 1.80. The summed E-state index contributed by atoms with van der Waals surface area (Å²) in [5.41, 5.74) is -0.880. The van der Waals surface area contributed by atoms with E-state index in [1.165, 1.54) is 7.11 Å². The van der Waals surface area contributed by atoms with Crippen LogP contribution < -0.4 is 5.32 Å². The Morgan fingerprint density at radius 1 is 1.35 bits per heavy atom. The second kappa shape index (κ2) is 6.76. The minimum absolute atomic E-state index is 0.0902. The summed E-state index contributed by atoms with van der Waals surface area (Å²) in [4.78, 5) is 13.7. The summed E-state index contributed by atoms with van der Waals surface area (Å²) in [5.74, 6) is -1.61. The minimum atomic E-state index is -4.11. The van der Waals surface area contributed by atoms with E-state index in [1.54, 1.807) is 6.92 Å². The summed E-state index contributed by atoms with van der Waals surface area (Å²) in [5, 5.41) is 3.06. The molecule has 0 aliphatic carbocycles. The number of nitrogens with one attached hydrogen (secondary N) is 1. The van der Waals surface area contributed by atoms with Gasteiger partial charge in [-0.2, -0.15) is 13.2 Å². The number of hydrogen-bond donors (Lipinski definition) is 1. The first-order valence-electron chi connectivity index (χ1n) is 6.85. The average molecular weight is 296 g/mol. The number of esters is 1. The van der Waals surface area contributed by atoms with Crippen molar-refractivity contribution in [3.8, 4) is 0 Å². The fourth-order valence-corrected chi connectivity index (χ4v) is 2.67. The molecule has 0 saturated carbocycles. The van der Waals surface area contributed by atoms with Crippen LogP contribution in [0.5, 0.6) is 0 Å². The van der Waals surface area contributed by atoms with E-state index in [0.29, 0.717) is 26.2 Å². The van der Waals surface area contributed by atoms with Crippen molar-refractivity contribution in [2.75, 3.05) is 33.3 Å². The molecule has 1 aliphatic rings. The molecule has 1 N–H and O–H groups in total. The van der Waals surface area contributed by atoms with Gasteiger partial charge in [0.25, 0.3) is 0 Å². The first kappa shape index (κ1) is 17.2. The van der Waals surface area contributed by atoms with Gasteiger partial charge < -0.3 is 15.0 Å². The maximum atomic E-state index is 12.6. The number of carbonyl (C=O) groups excluding carboxylic acids is 1. The topological polar surface area (TPSA) is 41.6 Å². The van der Waals surface area contributed by atoms with Gasteiger partial charge in [-0.15, -0.1) is 0 Å². The molecule has 1 heterocycles. The van der Waals surface area contributed by atoms with Gasteiger partial charge in [-0.3, -0.25) is 4.79 Å². The van der Waals surface area contributed by atoms with Crippen LogP contribution in [0.15, 0.2) is 0 Å². The Bertz CT molecular complexity index is 328. The van der Waals surface area contributed by atoms with Crippen LogP contribution in [-0.4, -0.2) is 55.9 Å². The highest BCUT2D eigenvalue weighted by Crippen LogP contribution is 2.34. The number of nitrogens with zero attached hydrogens (tertiary/aromatic N) is 1. The lowest BCUT2D eigenvalue weighted by Gasteiger charge is -2.38. The van der Waals surface area contributed by atoms with Crippen molar-refractivity contribution in [2.45, 2.75) is 38.4 Å². The van der Waals surface area contributed by atoms with Crippen molar-refractivity contribution in [2.24, 2.45) is 5.92 Å². The van der Waals surface area contributed by atoms with Crippen molar-refractivity contribution in [3.63, 3.8) is 0 Å². The number of ether oxygens (including phenoxy) is 1. The number of hydrogen-bond acceptors (Lipinski definition) is 4. The summed E-state index contributed by atoms with van der Waals surface area (Å²) < 4.78 is 42.6. The smallest absolute Gasteiger partial charge is 0.391 e. The monoisotopic (exact) mass is 296 g/mol. The fourth-order valence-electron chi connectivity index (χ4n) is 2.67. The van der Waals surface area contributed by atoms with E-state index in [-0.39, 0.29) is 12.8 Å². The van der Waals surface area contributed by atoms with Gasteiger partial charge in [0.1, 0.15) is 5.54 Å². The molecule has 20 heavy (non-hydrogen) atoms. The number of alkyl halides is 3. The highest BCUT2D eigenvalue weighted by Gasteiger charge is 2.43. The van der Waals surface area contributed by atoms with Gasteiger partial charge in [-0.1, -0.05) is 6.92 Å². The molecular weight excluding hydrogens is 273 g/mol. The molecular formula is C13H23F3N2O2. The van der Waals surface area contributed by atoms with Gasteiger partial charge >= 0.3 is 12.1 Å². The van der Waals surface area contributed by atoms with Crippen molar-refractivity contribution in [3.05, 3.63) is 0 Å². The molecule has 0 bridgehead atoms. The lowest BCUT2D eigenvalue weighted by Crippen LogP contribution is -2.58. The lowest BCUT2D eigenvalue weighted by atomic mass is 9.94. The van der Waals surface area contributed by atoms with Crippen LogP contribution in [0.2, 0.25) is 0 Å². The molecule has 0 aromatic heterocycles. The van der Waals surface area contributed by atoms with E-state index in [9.17, 15) is 18.0 Å². The molecule has 0 spiro atoms. The van der Waals surface area contributed by atoms with Crippen molar-refractivity contribution in [1.29, 1.82) is 0 Å². The van der Waals surface area contributed by atoms with Crippen molar-refractivity contribution in [1.82, 2.24) is 10.2 Å². The number of likely N-dealkylation sites (N-methyl/N-ethyl adjacent to an activating group) is 1. The molecule has 1 fully saturated rings. The molecule has 0 amide bonds. The first-order chi connectivity index (χ1) is 9.23. The molecule has 1 saturated heterocycles. The first-order valence-corrected chi connectivity index (χ1v) is 6.85. The Balaban J connectivity index is 2.58. The summed E-state index contributed by atoms with van der Waals surface area (Å²) >= 11 is 0. The molecule has 0 aromatic carbocycles. The normalized spacial score (nSPS) is 21.5. The Morgan fingerprint density at radius 3 is 2.30 bits per heavy atom. The van der Waals surface area contributed by atoms with E-state index in [2.05, 4.69) is 5.32 Å². The second-order valence-corrected chi connectivity index (χ2v) is 5.45. The maximum absolute atomic E-state index is 12.6. The zero-order valence-corrected chi connectivity index (χ0v) is 12.2. The van der Waals surface area contributed by atoms with Gasteiger partial charge in [-0.05, 0) is 39.4 Å². The Hall–Kier alpha value is -0.820. The third-order valence-corrected chi connectivity index (χ3v) is 3.79. The van der Waals surface area contributed by atoms with E-state index >= 15 is 0 Å². The Labute approximate surface area is 117 Å². The number of halogens is 3. The second-order valence-electron chi connectivity index (χ2n) is 5.45. The largest absolute Gasteiger partial charge is 0.468 e. The van der Waals surface area contributed by atoms with Crippen LogP contribution in [0.25, 0.3) is 0 Å². The molecule has 118 valence electrons. The minimum Gasteiger partial charge on any atom is -0.468 e. The molecule has 7 heteroatoms. The number of rotatable bonds is 5. The van der Waals surface area contributed by atoms with E-state index in [1.807, 2.05) is 11.8 Å². The number of methoxy groups -OCH3 is 1. The van der Waals surface area contributed by atoms with Crippen LogP contribution in [0.3, 0.4) is 0 Å². The van der Waals surface area contributed by atoms with Crippen molar-refractivity contribution >= 4 is 5.97 Å². The number of likely N-dealkylation sites (tertiary alicyclic amines) is 1. The molecule has 1 unspecified atom stereocenters. The summed E-state index contributed by atoms with van der Waals surface area (Å²) in [6, 6.07) is 0. The molecule has 0 aromatic rings. The van der Waals surface area contributed by atoms with E-state index < -0.39 is 23.6 Å². The third kappa shape index (κ3) is 4.34. The summed E-state index contributed by atoms with van der Waals surface area (Å²) in [6.07, 6.45) is -3.93. The maximum Gasteiger partial charge on any atom is 0.391 e. The molecule has 4 nitrogen and oxygen atoms in total. The highest BCUT2D eigenvalue weighted by atomic mass is 19.4. The zero-order chi connectivity index (χ0) is 15.4. The van der Waals surface area contributed by atoms with Crippen LogP contribution in [0.4, 0.5) is 13.2 Å². The van der Waals surface area contributed by atoms with E-state index in [4.69, 9.17) is 4.74 Å². The standard InChI is InChI=1S/C13H23F3N2O2/c1-4-17-12(2,11(19)20-3)9-18-7-5-10(6-8-18)13(14,15)16/h10,17H,4-9H2,1-3H3. The van der Waals surface area contributed by atoms with Crippen molar-refractivity contribution < 1.29 is 22.7 Å². The fraction of sp³-hybridized carbons (Fsp3) is 0.923. The Kier molecular flexibility index (Phi) is 5.82. The summed E-state index contributed by atoms with van der Waals surface area (Å²) in [7, 11) is 1.31. The third-order valence-electron chi connectivity index (χ3n) is 3.79. The molecule has 1 atom stereocenters. The Morgan fingerprint density at radius 2 is 1.90 bits per heavy atom. The van der Waals surface area contributed by atoms with Gasteiger partial charge in [0.2, 0.25) is 0 Å². The van der Waals surface area contributed by atoms with Gasteiger partial charge in [-0.25, -0.2) is 0 Å². The van der Waals surface area contributed by atoms with Gasteiger partial charge in [0.15, 0.2) is 0 Å². The summed E-state index contributed by atoms with van der Waals surface area (Å²) in [6.45, 7) is 5.24. The van der Waals surface area contributed by atoms with Crippen LogP contribution >= 0.6 is 0 Å². The number of carbonyl (C=O) groups is 1. The average Bonchev–Trinajstić information content (AvgIpc) is 2.37. The van der Waals surface area contributed by atoms with Crippen LogP contribution in [-0.2, 0) is 9.53 Å². The number of piperidine rings is 1. The molecule has 1 aliphatic heterocycles.